The van der Waals surface area contributed by atoms with Crippen LogP contribution in [-0.2, 0) is 6.54 Å². The second kappa shape index (κ2) is 5.41. The van der Waals surface area contributed by atoms with Gasteiger partial charge in [-0.15, -0.1) is 10.2 Å². The third-order valence-electron chi connectivity index (χ3n) is 2.61. The highest BCUT2D eigenvalue weighted by Crippen LogP contribution is 2.20. The summed E-state index contributed by atoms with van der Waals surface area (Å²) in [6.45, 7) is 0.371. The van der Waals surface area contributed by atoms with E-state index in [1.54, 1.807) is 13.2 Å². The lowest BCUT2D eigenvalue weighted by atomic mass is 10.2. The van der Waals surface area contributed by atoms with Crippen LogP contribution in [0.4, 0.5) is 0 Å². The fraction of sp³-hybridized carbons (Fsp3) is 0.167. The lowest BCUT2D eigenvalue weighted by molar-refractivity contribution is 0.359. The van der Waals surface area contributed by atoms with Crippen molar-refractivity contribution in [3.8, 4) is 17.1 Å². The Kier molecular flexibility index (Phi) is 3.46. The zero-order chi connectivity index (χ0) is 13.9. The Hall–Kier alpha value is -2.22. The van der Waals surface area contributed by atoms with Gasteiger partial charge in [-0.2, -0.15) is 4.80 Å². The first kappa shape index (κ1) is 12.8. The summed E-state index contributed by atoms with van der Waals surface area (Å²) < 4.78 is 10.9. The average molecular weight is 336 g/mol. The van der Waals surface area contributed by atoms with Gasteiger partial charge in [-0.1, -0.05) is 17.3 Å². The molecule has 0 saturated heterocycles. The van der Waals surface area contributed by atoms with Crippen molar-refractivity contribution in [3.63, 3.8) is 0 Å². The van der Waals surface area contributed by atoms with Gasteiger partial charge in [0.25, 0.3) is 0 Å². The van der Waals surface area contributed by atoms with Crippen LogP contribution in [0.1, 0.15) is 5.76 Å². The SMILES string of the molecule is COc1cccc(-c2nnn(Cc3cc(Br)no3)n2)c1. The van der Waals surface area contributed by atoms with E-state index in [0.29, 0.717) is 22.7 Å². The molecule has 3 rings (SSSR count). The van der Waals surface area contributed by atoms with E-state index < -0.39 is 0 Å². The molecule has 2 aromatic heterocycles. The van der Waals surface area contributed by atoms with Gasteiger partial charge in [0.1, 0.15) is 16.9 Å². The van der Waals surface area contributed by atoms with Crippen LogP contribution in [0.2, 0.25) is 0 Å². The number of rotatable bonds is 4. The highest BCUT2D eigenvalue weighted by molar-refractivity contribution is 9.10. The minimum Gasteiger partial charge on any atom is -0.497 e. The molecule has 0 amide bonds. The van der Waals surface area contributed by atoms with Crippen LogP contribution < -0.4 is 4.74 Å². The molecular weight excluding hydrogens is 326 g/mol. The van der Waals surface area contributed by atoms with Crippen molar-refractivity contribution in [1.82, 2.24) is 25.4 Å². The van der Waals surface area contributed by atoms with Crippen LogP contribution in [0, 0.1) is 0 Å². The van der Waals surface area contributed by atoms with Crippen molar-refractivity contribution in [2.75, 3.05) is 7.11 Å². The minimum atomic E-state index is 0.371. The fourth-order valence-corrected chi connectivity index (χ4v) is 2.02. The number of hydrogen-bond donors (Lipinski definition) is 0. The molecule has 0 aliphatic heterocycles. The molecule has 1 aromatic carbocycles. The van der Waals surface area contributed by atoms with E-state index in [9.17, 15) is 0 Å². The smallest absolute Gasteiger partial charge is 0.205 e. The monoisotopic (exact) mass is 335 g/mol. The molecule has 0 aliphatic rings. The van der Waals surface area contributed by atoms with E-state index in [2.05, 4.69) is 36.5 Å². The summed E-state index contributed by atoms with van der Waals surface area (Å²) in [5.41, 5.74) is 0.842. The van der Waals surface area contributed by atoms with Crippen molar-refractivity contribution in [2.24, 2.45) is 0 Å². The number of ether oxygens (including phenoxy) is 1. The Morgan fingerprint density at radius 1 is 1.35 bits per heavy atom. The van der Waals surface area contributed by atoms with E-state index in [0.717, 1.165) is 11.3 Å². The van der Waals surface area contributed by atoms with Gasteiger partial charge in [-0.3, -0.25) is 0 Å². The molecule has 3 aromatic rings. The van der Waals surface area contributed by atoms with Crippen LogP contribution >= 0.6 is 15.9 Å². The molecule has 0 fully saturated rings. The number of aromatic nitrogens is 5. The first-order valence-electron chi connectivity index (χ1n) is 5.78. The molecule has 0 saturated carbocycles. The first-order chi connectivity index (χ1) is 9.74. The molecular formula is C12H10BrN5O2. The van der Waals surface area contributed by atoms with Gasteiger partial charge in [-0.25, -0.2) is 0 Å². The molecule has 0 spiro atoms. The predicted octanol–water partition coefficient (Wildman–Crippen LogP) is 2.15. The van der Waals surface area contributed by atoms with Gasteiger partial charge in [-0.05, 0) is 33.3 Å². The summed E-state index contributed by atoms with van der Waals surface area (Å²) in [6.07, 6.45) is 0. The van der Waals surface area contributed by atoms with Gasteiger partial charge in [0.15, 0.2) is 5.76 Å². The number of halogens is 1. The highest BCUT2D eigenvalue weighted by atomic mass is 79.9. The summed E-state index contributed by atoms with van der Waals surface area (Å²) in [4.78, 5) is 1.45. The topological polar surface area (TPSA) is 78.9 Å². The summed E-state index contributed by atoms with van der Waals surface area (Å²) >= 11 is 3.22. The van der Waals surface area contributed by atoms with E-state index in [-0.39, 0.29) is 0 Å². The second-order valence-corrected chi connectivity index (χ2v) is 4.80. The molecule has 0 N–H and O–H groups in total. The molecule has 7 nitrogen and oxygen atoms in total. The van der Waals surface area contributed by atoms with E-state index in [1.165, 1.54) is 4.80 Å². The Bertz CT molecular complexity index is 724. The summed E-state index contributed by atoms with van der Waals surface area (Å²) in [5.74, 6) is 1.92. The Morgan fingerprint density at radius 2 is 2.25 bits per heavy atom. The zero-order valence-electron chi connectivity index (χ0n) is 10.5. The van der Waals surface area contributed by atoms with Gasteiger partial charge < -0.3 is 9.26 Å². The lowest BCUT2D eigenvalue weighted by Crippen LogP contribution is -2.03. The fourth-order valence-electron chi connectivity index (χ4n) is 1.69. The summed E-state index contributed by atoms with van der Waals surface area (Å²) in [6, 6.07) is 9.25. The molecule has 8 heteroatoms. The van der Waals surface area contributed by atoms with Crippen LogP contribution in [0.15, 0.2) is 39.5 Å². The number of tetrazole rings is 1. The molecule has 0 radical (unpaired) electrons. The van der Waals surface area contributed by atoms with Crippen LogP contribution in [0.5, 0.6) is 5.75 Å². The van der Waals surface area contributed by atoms with Crippen LogP contribution in [-0.4, -0.2) is 32.5 Å². The van der Waals surface area contributed by atoms with Crippen molar-refractivity contribution in [2.45, 2.75) is 6.54 Å². The molecule has 0 aliphatic carbocycles. The Morgan fingerprint density at radius 3 is 3.00 bits per heavy atom. The van der Waals surface area contributed by atoms with Gasteiger partial charge in [0, 0.05) is 11.6 Å². The molecule has 2 heterocycles. The summed E-state index contributed by atoms with van der Waals surface area (Å²) in [7, 11) is 1.62. The van der Waals surface area contributed by atoms with Crippen molar-refractivity contribution in [1.29, 1.82) is 0 Å². The van der Waals surface area contributed by atoms with E-state index in [1.807, 2.05) is 24.3 Å². The number of hydrogen-bond acceptors (Lipinski definition) is 6. The molecule has 20 heavy (non-hydrogen) atoms. The maximum absolute atomic E-state index is 5.17. The Labute approximate surface area is 122 Å². The number of benzene rings is 1. The van der Waals surface area contributed by atoms with Crippen molar-refractivity contribution >= 4 is 15.9 Å². The minimum absolute atomic E-state index is 0.371. The lowest BCUT2D eigenvalue weighted by Gasteiger charge is -2.00. The molecule has 102 valence electrons. The van der Waals surface area contributed by atoms with Gasteiger partial charge in [0.2, 0.25) is 5.82 Å². The summed E-state index contributed by atoms with van der Waals surface area (Å²) in [5, 5.41) is 16.0. The molecule has 0 bridgehead atoms. The zero-order valence-corrected chi connectivity index (χ0v) is 12.1. The maximum Gasteiger partial charge on any atom is 0.205 e. The normalized spacial score (nSPS) is 10.7. The van der Waals surface area contributed by atoms with Crippen molar-refractivity contribution < 1.29 is 9.26 Å². The third kappa shape index (κ3) is 2.69. The van der Waals surface area contributed by atoms with E-state index >= 15 is 0 Å². The van der Waals surface area contributed by atoms with Gasteiger partial charge in [0.05, 0.1) is 7.11 Å². The molecule has 0 atom stereocenters. The number of methoxy groups -OCH3 is 1. The molecule has 0 unspecified atom stereocenters. The highest BCUT2D eigenvalue weighted by Gasteiger charge is 2.09. The predicted molar refractivity (Wildman–Crippen MR) is 73.1 cm³/mol. The first-order valence-corrected chi connectivity index (χ1v) is 6.57. The van der Waals surface area contributed by atoms with E-state index in [4.69, 9.17) is 9.26 Å². The van der Waals surface area contributed by atoms with Crippen molar-refractivity contribution in [3.05, 3.63) is 40.7 Å². The maximum atomic E-state index is 5.17. The van der Waals surface area contributed by atoms with Gasteiger partial charge >= 0.3 is 0 Å². The largest absolute Gasteiger partial charge is 0.497 e. The third-order valence-corrected chi connectivity index (χ3v) is 2.98. The number of nitrogens with zero attached hydrogens (tertiary/aromatic N) is 5. The standard InChI is InChI=1S/C12H10BrN5O2/c1-19-9-4-2-3-8(5-9)12-14-17-18(15-12)7-10-6-11(13)16-20-10/h2-6H,7H2,1H3. The second-order valence-electron chi connectivity index (χ2n) is 3.99. The Balaban J connectivity index is 1.82. The quantitative estimate of drug-likeness (QED) is 0.726. The van der Waals surface area contributed by atoms with Crippen LogP contribution in [0.3, 0.4) is 0 Å². The average Bonchev–Trinajstić information content (AvgIpc) is 3.09. The van der Waals surface area contributed by atoms with Crippen LogP contribution in [0.25, 0.3) is 11.4 Å².